The SMILES string of the molecule is Cc1cc(C)c(C)c(F)c1.Cc1cc(C)c(F)cc1C. The molecule has 108 valence electrons. The highest BCUT2D eigenvalue weighted by molar-refractivity contribution is 5.31. The van der Waals surface area contributed by atoms with Gasteiger partial charge in [0.2, 0.25) is 0 Å². The highest BCUT2D eigenvalue weighted by atomic mass is 19.1. The molecule has 0 fully saturated rings. The van der Waals surface area contributed by atoms with Gasteiger partial charge in [-0.05, 0) is 87.1 Å². The third-order valence-corrected chi connectivity index (χ3v) is 3.52. The van der Waals surface area contributed by atoms with Gasteiger partial charge in [0.05, 0.1) is 0 Å². The zero-order valence-electron chi connectivity index (χ0n) is 13.1. The van der Waals surface area contributed by atoms with E-state index in [0.717, 1.165) is 33.4 Å². The van der Waals surface area contributed by atoms with Crippen LogP contribution in [0.4, 0.5) is 8.78 Å². The molecule has 0 N–H and O–H groups in total. The molecule has 0 spiro atoms. The van der Waals surface area contributed by atoms with Crippen LogP contribution in [0.3, 0.4) is 0 Å². The fraction of sp³-hybridized carbons (Fsp3) is 0.333. The van der Waals surface area contributed by atoms with Crippen LogP contribution in [-0.4, -0.2) is 0 Å². The van der Waals surface area contributed by atoms with E-state index in [1.165, 1.54) is 0 Å². The average molecular weight is 276 g/mol. The molecule has 0 unspecified atom stereocenters. The predicted molar refractivity (Wildman–Crippen MR) is 81.2 cm³/mol. The standard InChI is InChI=1S/2C9H11F/c1-6-4-8(3)9(10)5-7(6)2;1-6-4-7(2)8(3)9(10)5-6/h2*4-5H,1-3H3. The zero-order chi connectivity index (χ0) is 15.4. The van der Waals surface area contributed by atoms with Crippen molar-refractivity contribution in [2.24, 2.45) is 0 Å². The molecule has 2 aromatic carbocycles. The topological polar surface area (TPSA) is 0 Å². The second kappa shape index (κ2) is 6.65. The zero-order valence-corrected chi connectivity index (χ0v) is 13.1. The van der Waals surface area contributed by atoms with E-state index in [2.05, 4.69) is 0 Å². The number of rotatable bonds is 0. The lowest BCUT2D eigenvalue weighted by atomic mass is 10.1. The van der Waals surface area contributed by atoms with Crippen LogP contribution in [0.25, 0.3) is 0 Å². The fourth-order valence-corrected chi connectivity index (χ4v) is 1.91. The number of benzene rings is 2. The first-order valence-electron chi connectivity index (χ1n) is 6.69. The fourth-order valence-electron chi connectivity index (χ4n) is 1.91. The van der Waals surface area contributed by atoms with Crippen molar-refractivity contribution < 1.29 is 8.78 Å². The minimum absolute atomic E-state index is 0.0995. The molecule has 0 aliphatic heterocycles. The quantitative estimate of drug-likeness (QED) is 0.596. The first-order valence-corrected chi connectivity index (χ1v) is 6.69. The third-order valence-electron chi connectivity index (χ3n) is 3.52. The van der Waals surface area contributed by atoms with Crippen molar-refractivity contribution in [3.05, 3.63) is 69.3 Å². The second-order valence-electron chi connectivity index (χ2n) is 5.37. The van der Waals surface area contributed by atoms with E-state index in [4.69, 9.17) is 0 Å². The summed E-state index contributed by atoms with van der Waals surface area (Å²) < 4.78 is 25.6. The van der Waals surface area contributed by atoms with Crippen molar-refractivity contribution in [1.82, 2.24) is 0 Å². The van der Waals surface area contributed by atoms with Gasteiger partial charge >= 0.3 is 0 Å². The molecule has 0 saturated heterocycles. The maximum absolute atomic E-state index is 12.8. The molecule has 2 heteroatoms. The van der Waals surface area contributed by atoms with Gasteiger partial charge in [-0.15, -0.1) is 0 Å². The van der Waals surface area contributed by atoms with Gasteiger partial charge in [-0.1, -0.05) is 12.1 Å². The molecule has 0 saturated carbocycles. The molecular formula is C18H22F2. The van der Waals surface area contributed by atoms with E-state index in [-0.39, 0.29) is 11.6 Å². The van der Waals surface area contributed by atoms with Gasteiger partial charge in [0.15, 0.2) is 0 Å². The Balaban J connectivity index is 0.000000200. The van der Waals surface area contributed by atoms with Gasteiger partial charge in [-0.3, -0.25) is 0 Å². The van der Waals surface area contributed by atoms with Gasteiger partial charge < -0.3 is 0 Å². The van der Waals surface area contributed by atoms with Crippen molar-refractivity contribution in [2.75, 3.05) is 0 Å². The molecule has 0 heterocycles. The summed E-state index contributed by atoms with van der Waals surface area (Å²) in [5.74, 6) is -0.208. The second-order valence-corrected chi connectivity index (χ2v) is 5.37. The van der Waals surface area contributed by atoms with E-state index in [0.29, 0.717) is 0 Å². The average Bonchev–Trinajstić information content (AvgIpc) is 2.34. The van der Waals surface area contributed by atoms with Gasteiger partial charge in [-0.25, -0.2) is 8.78 Å². The lowest BCUT2D eigenvalue weighted by Gasteiger charge is -2.01. The number of aryl methyl sites for hydroxylation is 5. The molecule has 0 amide bonds. The third kappa shape index (κ3) is 4.16. The van der Waals surface area contributed by atoms with Crippen LogP contribution in [0, 0.1) is 53.2 Å². The molecule has 0 radical (unpaired) electrons. The molecule has 0 bridgehead atoms. The summed E-state index contributed by atoms with van der Waals surface area (Å²) in [5.41, 5.74) is 5.66. The molecule has 2 aromatic rings. The van der Waals surface area contributed by atoms with E-state index < -0.39 is 0 Å². The van der Waals surface area contributed by atoms with E-state index in [9.17, 15) is 8.78 Å². The predicted octanol–water partition coefficient (Wildman–Crippen LogP) is 5.50. The first kappa shape index (κ1) is 16.4. The Hall–Kier alpha value is -1.70. The molecule has 0 aliphatic carbocycles. The van der Waals surface area contributed by atoms with Crippen molar-refractivity contribution in [2.45, 2.75) is 41.5 Å². The van der Waals surface area contributed by atoms with Crippen LogP contribution < -0.4 is 0 Å². The Labute approximate surface area is 120 Å². The number of hydrogen-bond donors (Lipinski definition) is 0. The first-order chi connectivity index (χ1) is 9.22. The summed E-state index contributed by atoms with van der Waals surface area (Å²) in [7, 11) is 0. The van der Waals surface area contributed by atoms with Crippen molar-refractivity contribution in [3.63, 3.8) is 0 Å². The lowest BCUT2D eigenvalue weighted by molar-refractivity contribution is 0.615. The van der Waals surface area contributed by atoms with E-state index in [1.807, 2.05) is 39.8 Å². The van der Waals surface area contributed by atoms with E-state index >= 15 is 0 Å². The van der Waals surface area contributed by atoms with Gasteiger partial charge in [0.25, 0.3) is 0 Å². The van der Waals surface area contributed by atoms with Crippen LogP contribution in [0.1, 0.15) is 33.4 Å². The minimum atomic E-state index is -0.108. The highest BCUT2D eigenvalue weighted by Gasteiger charge is 2.00. The Kier molecular flexibility index (Phi) is 5.43. The normalized spacial score (nSPS) is 10.0. The number of halogens is 2. The highest BCUT2D eigenvalue weighted by Crippen LogP contribution is 2.13. The van der Waals surface area contributed by atoms with Crippen LogP contribution in [0.2, 0.25) is 0 Å². The Bertz CT molecular complexity index is 540. The summed E-state index contributed by atoms with van der Waals surface area (Å²) in [5, 5.41) is 0. The molecule has 2 rings (SSSR count). The maximum atomic E-state index is 12.8. The molecule has 0 aliphatic rings. The Morgan fingerprint density at radius 2 is 1.10 bits per heavy atom. The molecule has 20 heavy (non-hydrogen) atoms. The van der Waals surface area contributed by atoms with Crippen LogP contribution in [0.5, 0.6) is 0 Å². The molecule has 0 atom stereocenters. The molecule has 0 aromatic heterocycles. The largest absolute Gasteiger partial charge is 0.207 e. The summed E-state index contributed by atoms with van der Waals surface area (Å²) in [4.78, 5) is 0. The van der Waals surface area contributed by atoms with Crippen molar-refractivity contribution in [3.8, 4) is 0 Å². The van der Waals surface area contributed by atoms with Gasteiger partial charge in [0.1, 0.15) is 11.6 Å². The van der Waals surface area contributed by atoms with Crippen molar-refractivity contribution >= 4 is 0 Å². The lowest BCUT2D eigenvalue weighted by Crippen LogP contribution is -1.87. The Morgan fingerprint density at radius 1 is 0.550 bits per heavy atom. The van der Waals surface area contributed by atoms with Crippen molar-refractivity contribution in [1.29, 1.82) is 0 Å². The maximum Gasteiger partial charge on any atom is 0.126 e. The van der Waals surface area contributed by atoms with Gasteiger partial charge in [0, 0.05) is 0 Å². The monoisotopic (exact) mass is 276 g/mol. The number of hydrogen-bond acceptors (Lipinski definition) is 0. The summed E-state index contributed by atoms with van der Waals surface area (Å²) in [6.45, 7) is 11.3. The molecular weight excluding hydrogens is 254 g/mol. The van der Waals surface area contributed by atoms with Crippen LogP contribution in [0.15, 0.2) is 24.3 Å². The van der Waals surface area contributed by atoms with Crippen LogP contribution >= 0.6 is 0 Å². The van der Waals surface area contributed by atoms with E-state index in [1.54, 1.807) is 26.0 Å². The summed E-state index contributed by atoms with van der Waals surface area (Å²) in [6, 6.07) is 6.98. The van der Waals surface area contributed by atoms with Gasteiger partial charge in [-0.2, -0.15) is 0 Å². The Morgan fingerprint density at radius 3 is 1.60 bits per heavy atom. The van der Waals surface area contributed by atoms with Crippen LogP contribution in [-0.2, 0) is 0 Å². The molecule has 0 nitrogen and oxygen atoms in total. The summed E-state index contributed by atoms with van der Waals surface area (Å²) >= 11 is 0. The smallest absolute Gasteiger partial charge is 0.126 e. The minimum Gasteiger partial charge on any atom is -0.207 e. The summed E-state index contributed by atoms with van der Waals surface area (Å²) in [6.07, 6.45) is 0.